The Balaban J connectivity index is 0.00000324. The highest BCUT2D eigenvalue weighted by Crippen LogP contribution is 2.28. The zero-order valence-corrected chi connectivity index (χ0v) is 11.4. The molecule has 1 rings (SSSR count). The van der Waals surface area contributed by atoms with Crippen LogP contribution in [0.5, 0.6) is 0 Å². The van der Waals surface area contributed by atoms with E-state index < -0.39 is 28.6 Å². The molecule has 0 heterocycles. The predicted molar refractivity (Wildman–Crippen MR) is 72.8 cm³/mol. The molecule has 0 aliphatic rings. The van der Waals surface area contributed by atoms with Crippen LogP contribution in [0.25, 0.3) is 0 Å². The Morgan fingerprint density at radius 1 is 1.53 bits per heavy atom. The number of rotatable bonds is 6. The first-order valence-electron chi connectivity index (χ1n) is 5.84. The minimum absolute atomic E-state index is 0. The molecule has 0 saturated carbocycles. The van der Waals surface area contributed by atoms with E-state index >= 15 is 0 Å². The van der Waals surface area contributed by atoms with Gasteiger partial charge < -0.3 is 10.8 Å². The third kappa shape index (κ3) is 4.74. The van der Waals surface area contributed by atoms with Crippen LogP contribution in [0.15, 0.2) is 18.2 Å². The van der Waals surface area contributed by atoms with Crippen molar-refractivity contribution in [3.05, 3.63) is 39.7 Å². The Hall–Kier alpha value is -1.24. The molecule has 108 valence electrons. The fourth-order valence-electron chi connectivity index (χ4n) is 1.76. The maximum Gasteiger partial charge on any atom is 0.277 e. The number of hydrogen-bond acceptors (Lipinski definition) is 4. The van der Waals surface area contributed by atoms with Crippen molar-refractivity contribution in [2.45, 2.75) is 38.3 Å². The molecule has 0 spiro atoms. The van der Waals surface area contributed by atoms with Crippen molar-refractivity contribution in [2.75, 3.05) is 0 Å². The maximum atomic E-state index is 13.0. The number of nitrogens with two attached hydrogens (primary N) is 1. The molecule has 19 heavy (non-hydrogen) atoms. The van der Waals surface area contributed by atoms with Crippen LogP contribution in [-0.2, 0) is 0 Å². The molecule has 1 aromatic rings. The van der Waals surface area contributed by atoms with Crippen LogP contribution < -0.4 is 5.73 Å². The van der Waals surface area contributed by atoms with Crippen molar-refractivity contribution in [1.82, 2.24) is 0 Å². The van der Waals surface area contributed by atoms with Crippen molar-refractivity contribution in [1.29, 1.82) is 0 Å². The summed E-state index contributed by atoms with van der Waals surface area (Å²) in [5.74, 6) is -0.694. The van der Waals surface area contributed by atoms with E-state index in [1.54, 1.807) is 0 Å². The van der Waals surface area contributed by atoms with Gasteiger partial charge in [-0.25, -0.2) is 4.39 Å². The second-order valence-corrected chi connectivity index (χ2v) is 4.20. The molecule has 0 unspecified atom stereocenters. The number of nitro groups is 1. The number of aliphatic hydroxyl groups excluding tert-OH is 1. The van der Waals surface area contributed by atoms with E-state index in [4.69, 9.17) is 5.73 Å². The van der Waals surface area contributed by atoms with E-state index in [1.807, 2.05) is 6.92 Å². The normalized spacial score (nSPS) is 13.5. The summed E-state index contributed by atoms with van der Waals surface area (Å²) >= 11 is 0. The van der Waals surface area contributed by atoms with Crippen molar-refractivity contribution >= 4 is 18.1 Å². The van der Waals surface area contributed by atoms with E-state index in [2.05, 4.69) is 0 Å². The van der Waals surface area contributed by atoms with Crippen LogP contribution in [0.3, 0.4) is 0 Å². The van der Waals surface area contributed by atoms with E-state index in [0.29, 0.717) is 6.42 Å². The molecule has 3 N–H and O–H groups in total. The maximum absolute atomic E-state index is 13.0. The quantitative estimate of drug-likeness (QED) is 0.623. The smallest absolute Gasteiger partial charge is 0.277 e. The summed E-state index contributed by atoms with van der Waals surface area (Å²) in [6, 6.07) is 2.31. The highest BCUT2D eigenvalue weighted by atomic mass is 35.5. The van der Waals surface area contributed by atoms with Gasteiger partial charge in [-0.15, -0.1) is 12.4 Å². The number of benzene rings is 1. The number of unbranched alkanes of at least 4 members (excludes halogenated alkanes) is 1. The lowest BCUT2D eigenvalue weighted by Gasteiger charge is -2.18. The summed E-state index contributed by atoms with van der Waals surface area (Å²) in [6.45, 7) is 1.97. The number of nitrogens with zero attached hydrogens (tertiary/aromatic N) is 1. The molecule has 2 atom stereocenters. The first-order valence-corrected chi connectivity index (χ1v) is 5.84. The van der Waals surface area contributed by atoms with Crippen molar-refractivity contribution in [2.24, 2.45) is 5.73 Å². The average Bonchev–Trinajstić information content (AvgIpc) is 2.34. The predicted octanol–water partition coefficient (Wildman–Crippen LogP) is 2.71. The van der Waals surface area contributed by atoms with Crippen LogP contribution >= 0.6 is 12.4 Å². The Morgan fingerprint density at radius 3 is 2.68 bits per heavy atom. The Morgan fingerprint density at radius 2 is 2.16 bits per heavy atom. The van der Waals surface area contributed by atoms with E-state index in [0.717, 1.165) is 25.0 Å². The molecular formula is C12H18ClFN2O3. The lowest BCUT2D eigenvalue weighted by Crippen LogP contribution is -2.26. The zero-order chi connectivity index (χ0) is 13.7. The van der Waals surface area contributed by atoms with Crippen molar-refractivity contribution in [3.63, 3.8) is 0 Å². The molecule has 0 saturated heterocycles. The van der Waals surface area contributed by atoms with Crippen LogP contribution in [0.4, 0.5) is 10.1 Å². The lowest BCUT2D eigenvalue weighted by molar-refractivity contribution is -0.386. The van der Waals surface area contributed by atoms with Gasteiger partial charge in [0.25, 0.3) is 5.69 Å². The number of hydrogen-bond donors (Lipinski definition) is 2. The number of nitro benzene ring substituents is 1. The highest BCUT2D eigenvalue weighted by Gasteiger charge is 2.25. The molecule has 0 radical (unpaired) electrons. The summed E-state index contributed by atoms with van der Waals surface area (Å²) in [6.07, 6.45) is 1.28. The number of halogens is 2. The monoisotopic (exact) mass is 292 g/mol. The molecule has 0 amide bonds. The summed E-state index contributed by atoms with van der Waals surface area (Å²) < 4.78 is 13.0. The van der Waals surface area contributed by atoms with Gasteiger partial charge in [0.15, 0.2) is 0 Å². The molecule has 7 heteroatoms. The molecule has 0 aromatic heterocycles. The van der Waals surface area contributed by atoms with E-state index in [-0.39, 0.29) is 18.0 Å². The highest BCUT2D eigenvalue weighted by molar-refractivity contribution is 5.85. The van der Waals surface area contributed by atoms with Gasteiger partial charge in [0, 0.05) is 5.56 Å². The third-order valence-corrected chi connectivity index (χ3v) is 2.82. The SMILES string of the molecule is CCCC[C@H](O)[C@H](N)c1ccc(F)cc1[N+](=O)[O-].Cl. The number of aliphatic hydroxyl groups is 1. The van der Waals surface area contributed by atoms with Gasteiger partial charge in [-0.3, -0.25) is 10.1 Å². The van der Waals surface area contributed by atoms with Crippen LogP contribution in [0.2, 0.25) is 0 Å². The van der Waals surface area contributed by atoms with Gasteiger partial charge in [-0.05, 0) is 18.6 Å². The van der Waals surface area contributed by atoms with Gasteiger partial charge in [0.2, 0.25) is 0 Å². The van der Waals surface area contributed by atoms with Crippen molar-refractivity contribution < 1.29 is 14.4 Å². The van der Waals surface area contributed by atoms with E-state index in [1.165, 1.54) is 6.07 Å². The molecule has 0 fully saturated rings. The van der Waals surface area contributed by atoms with Gasteiger partial charge >= 0.3 is 0 Å². The first kappa shape index (κ1) is 17.8. The average molecular weight is 293 g/mol. The van der Waals surface area contributed by atoms with Crippen LogP contribution in [0, 0.1) is 15.9 Å². The second kappa shape index (κ2) is 8.04. The largest absolute Gasteiger partial charge is 0.391 e. The standard InChI is InChI=1S/C12H17FN2O3.ClH/c1-2-3-4-11(16)12(14)9-6-5-8(13)7-10(9)15(17)18;/h5-7,11-12,16H,2-4,14H2,1H3;1H/t11-,12+;/m0./s1. The fraction of sp³-hybridized carbons (Fsp3) is 0.500. The zero-order valence-electron chi connectivity index (χ0n) is 10.6. The molecule has 0 aliphatic heterocycles. The van der Waals surface area contributed by atoms with Gasteiger partial charge in [-0.1, -0.05) is 19.8 Å². The summed E-state index contributed by atoms with van der Waals surface area (Å²) in [5, 5.41) is 20.7. The van der Waals surface area contributed by atoms with E-state index in [9.17, 15) is 19.6 Å². The third-order valence-electron chi connectivity index (χ3n) is 2.82. The topological polar surface area (TPSA) is 89.4 Å². The van der Waals surface area contributed by atoms with Gasteiger partial charge in [-0.2, -0.15) is 0 Å². The minimum atomic E-state index is -0.877. The minimum Gasteiger partial charge on any atom is -0.391 e. The molecular weight excluding hydrogens is 275 g/mol. The van der Waals surface area contributed by atoms with Crippen LogP contribution in [0.1, 0.15) is 37.8 Å². The molecule has 0 aliphatic carbocycles. The Labute approximate surface area is 117 Å². The first-order chi connectivity index (χ1) is 8.47. The van der Waals surface area contributed by atoms with Gasteiger partial charge in [0.05, 0.1) is 23.1 Å². The molecule has 0 bridgehead atoms. The molecule has 1 aromatic carbocycles. The summed E-state index contributed by atoms with van der Waals surface area (Å²) in [7, 11) is 0. The fourth-order valence-corrected chi connectivity index (χ4v) is 1.76. The summed E-state index contributed by atoms with van der Waals surface area (Å²) in [4.78, 5) is 10.1. The summed E-state index contributed by atoms with van der Waals surface area (Å²) in [5.41, 5.74) is 5.56. The Kier molecular flexibility index (Phi) is 7.51. The van der Waals surface area contributed by atoms with Crippen molar-refractivity contribution in [3.8, 4) is 0 Å². The second-order valence-electron chi connectivity index (χ2n) is 4.20. The van der Waals surface area contributed by atoms with Crippen LogP contribution in [-0.4, -0.2) is 16.1 Å². The lowest BCUT2D eigenvalue weighted by atomic mass is 9.97. The Bertz CT molecular complexity index is 431. The molecule has 5 nitrogen and oxygen atoms in total. The van der Waals surface area contributed by atoms with Gasteiger partial charge in [0.1, 0.15) is 5.82 Å².